The summed E-state index contributed by atoms with van der Waals surface area (Å²) in [6.07, 6.45) is 9.05. The van der Waals surface area contributed by atoms with Gasteiger partial charge in [-0.05, 0) is 25.7 Å². The van der Waals surface area contributed by atoms with Crippen molar-refractivity contribution < 1.29 is 0 Å². The van der Waals surface area contributed by atoms with Crippen molar-refractivity contribution in [1.29, 1.82) is 0 Å². The molecule has 1 heterocycles. The molecule has 0 bridgehead atoms. The molecule has 2 nitrogen and oxygen atoms in total. The summed E-state index contributed by atoms with van der Waals surface area (Å²) in [5.41, 5.74) is 0.404. The molecule has 2 fully saturated rings. The van der Waals surface area contributed by atoms with Crippen LogP contribution in [0.3, 0.4) is 0 Å². The zero-order chi connectivity index (χ0) is 13.2. The minimum absolute atomic E-state index is 0.404. The lowest BCUT2D eigenvalue weighted by Crippen LogP contribution is -2.67. The molecule has 1 aliphatic carbocycles. The van der Waals surface area contributed by atoms with Gasteiger partial charge in [-0.25, -0.2) is 0 Å². The van der Waals surface area contributed by atoms with E-state index in [9.17, 15) is 0 Å². The first-order valence-corrected chi connectivity index (χ1v) is 7.71. The lowest BCUT2D eigenvalue weighted by atomic mass is 9.78. The number of hydrogen-bond donors (Lipinski definition) is 1. The molecule has 1 spiro atoms. The molecule has 2 unspecified atom stereocenters. The minimum Gasteiger partial charge on any atom is -0.308 e. The molecule has 18 heavy (non-hydrogen) atoms. The molecule has 0 aromatic heterocycles. The first kappa shape index (κ1) is 14.1. The van der Waals surface area contributed by atoms with Crippen molar-refractivity contribution in [3.8, 4) is 0 Å². The van der Waals surface area contributed by atoms with Crippen LogP contribution in [0, 0.1) is 5.92 Å². The molecule has 0 aromatic rings. The molecular weight excluding hydrogens is 220 g/mol. The molecule has 2 aliphatic rings. The van der Waals surface area contributed by atoms with Gasteiger partial charge in [0.05, 0.1) is 0 Å². The van der Waals surface area contributed by atoms with Gasteiger partial charge in [0.15, 0.2) is 0 Å². The summed E-state index contributed by atoms with van der Waals surface area (Å²) < 4.78 is 0. The fraction of sp³-hybridized carbons (Fsp3) is 0.875. The highest BCUT2D eigenvalue weighted by atomic mass is 15.3. The maximum atomic E-state index is 4.00. The Morgan fingerprint density at radius 2 is 1.89 bits per heavy atom. The Morgan fingerprint density at radius 3 is 2.44 bits per heavy atom. The van der Waals surface area contributed by atoms with Crippen LogP contribution in [0.15, 0.2) is 12.7 Å². The van der Waals surface area contributed by atoms with Crippen LogP contribution in [0.25, 0.3) is 0 Å². The Kier molecular flexibility index (Phi) is 4.50. The van der Waals surface area contributed by atoms with Crippen molar-refractivity contribution >= 4 is 0 Å². The van der Waals surface area contributed by atoms with Crippen molar-refractivity contribution in [2.75, 3.05) is 13.1 Å². The van der Waals surface area contributed by atoms with Gasteiger partial charge < -0.3 is 5.32 Å². The summed E-state index contributed by atoms with van der Waals surface area (Å²) in [5.74, 6) is 0.709. The topological polar surface area (TPSA) is 15.3 Å². The molecule has 1 aliphatic heterocycles. The van der Waals surface area contributed by atoms with Crippen LogP contribution in [-0.2, 0) is 0 Å². The van der Waals surface area contributed by atoms with Crippen molar-refractivity contribution in [3.05, 3.63) is 12.7 Å². The van der Waals surface area contributed by atoms with Crippen LogP contribution in [0.2, 0.25) is 0 Å². The van der Waals surface area contributed by atoms with E-state index in [2.05, 4.69) is 43.6 Å². The van der Waals surface area contributed by atoms with E-state index in [1.165, 1.54) is 38.6 Å². The highest BCUT2D eigenvalue weighted by Crippen LogP contribution is 2.33. The van der Waals surface area contributed by atoms with E-state index in [1.807, 2.05) is 0 Å². The molecule has 104 valence electrons. The number of rotatable bonds is 3. The van der Waals surface area contributed by atoms with Gasteiger partial charge in [0, 0.05) is 30.7 Å². The summed E-state index contributed by atoms with van der Waals surface area (Å²) in [7, 11) is 0. The molecule has 1 N–H and O–H groups in total. The number of piperazine rings is 1. The van der Waals surface area contributed by atoms with Gasteiger partial charge in [0.25, 0.3) is 0 Å². The van der Waals surface area contributed by atoms with Gasteiger partial charge in [-0.3, -0.25) is 4.90 Å². The van der Waals surface area contributed by atoms with E-state index in [1.54, 1.807) is 0 Å². The van der Waals surface area contributed by atoms with Crippen molar-refractivity contribution in [2.45, 2.75) is 70.5 Å². The predicted molar refractivity (Wildman–Crippen MR) is 78.8 cm³/mol. The zero-order valence-electron chi connectivity index (χ0n) is 12.4. The Morgan fingerprint density at radius 1 is 1.22 bits per heavy atom. The van der Waals surface area contributed by atoms with E-state index >= 15 is 0 Å². The maximum Gasteiger partial charge on any atom is 0.0309 e. The normalized spacial score (nSPS) is 30.6. The molecule has 0 aromatic carbocycles. The van der Waals surface area contributed by atoms with Gasteiger partial charge in [-0.15, -0.1) is 6.58 Å². The molecule has 1 saturated carbocycles. The highest BCUT2D eigenvalue weighted by molar-refractivity contribution is 5.03. The van der Waals surface area contributed by atoms with Crippen LogP contribution in [0.5, 0.6) is 0 Å². The van der Waals surface area contributed by atoms with Gasteiger partial charge in [0.1, 0.15) is 0 Å². The average molecular weight is 250 g/mol. The SMILES string of the molecule is C=CC(C)N1CC2(CCCCC2)NCC1C(C)C. The predicted octanol–water partition coefficient (Wildman–Crippen LogP) is 3.19. The Hall–Kier alpha value is -0.340. The lowest BCUT2D eigenvalue weighted by Gasteiger charge is -2.52. The average Bonchev–Trinajstić information content (AvgIpc) is 2.38. The third-order valence-corrected chi connectivity index (χ3v) is 5.04. The summed E-state index contributed by atoms with van der Waals surface area (Å²) in [6.45, 7) is 13.3. The second-order valence-corrected chi connectivity index (χ2v) is 6.68. The quantitative estimate of drug-likeness (QED) is 0.774. The zero-order valence-corrected chi connectivity index (χ0v) is 12.4. The fourth-order valence-electron chi connectivity index (χ4n) is 3.72. The van der Waals surface area contributed by atoms with E-state index < -0.39 is 0 Å². The Labute approximate surface area is 113 Å². The molecule has 2 rings (SSSR count). The standard InChI is InChI=1S/C16H30N2/c1-5-14(4)18-12-16(9-7-6-8-10-16)17-11-15(18)13(2)3/h5,13-15,17H,1,6-12H2,2-4H3. The Balaban J connectivity index is 2.11. The highest BCUT2D eigenvalue weighted by Gasteiger charge is 2.41. The molecule has 2 heteroatoms. The van der Waals surface area contributed by atoms with Crippen molar-refractivity contribution in [1.82, 2.24) is 10.2 Å². The van der Waals surface area contributed by atoms with Crippen molar-refractivity contribution in [2.24, 2.45) is 5.92 Å². The number of hydrogen-bond acceptors (Lipinski definition) is 2. The summed E-state index contributed by atoms with van der Waals surface area (Å²) >= 11 is 0. The molecule has 0 amide bonds. The van der Waals surface area contributed by atoms with E-state index in [0.717, 1.165) is 6.54 Å². The molecule has 0 radical (unpaired) electrons. The second kappa shape index (κ2) is 5.75. The number of nitrogens with one attached hydrogen (secondary N) is 1. The van der Waals surface area contributed by atoms with Crippen LogP contribution in [0.4, 0.5) is 0 Å². The van der Waals surface area contributed by atoms with Gasteiger partial charge in [0.2, 0.25) is 0 Å². The number of nitrogens with zero attached hydrogens (tertiary/aromatic N) is 1. The monoisotopic (exact) mass is 250 g/mol. The Bertz CT molecular complexity index is 279. The third kappa shape index (κ3) is 2.80. The van der Waals surface area contributed by atoms with Gasteiger partial charge >= 0.3 is 0 Å². The van der Waals surface area contributed by atoms with Gasteiger partial charge in [-0.1, -0.05) is 39.2 Å². The second-order valence-electron chi connectivity index (χ2n) is 6.68. The fourth-order valence-corrected chi connectivity index (χ4v) is 3.72. The maximum absolute atomic E-state index is 4.00. The first-order chi connectivity index (χ1) is 8.58. The van der Waals surface area contributed by atoms with Crippen LogP contribution in [0.1, 0.15) is 52.9 Å². The van der Waals surface area contributed by atoms with Crippen molar-refractivity contribution in [3.63, 3.8) is 0 Å². The van der Waals surface area contributed by atoms with Crippen LogP contribution in [-0.4, -0.2) is 35.6 Å². The van der Waals surface area contributed by atoms with E-state index in [-0.39, 0.29) is 0 Å². The van der Waals surface area contributed by atoms with Crippen LogP contribution >= 0.6 is 0 Å². The first-order valence-electron chi connectivity index (χ1n) is 7.71. The van der Waals surface area contributed by atoms with Gasteiger partial charge in [-0.2, -0.15) is 0 Å². The minimum atomic E-state index is 0.404. The third-order valence-electron chi connectivity index (χ3n) is 5.04. The lowest BCUT2D eigenvalue weighted by molar-refractivity contribution is 0.0229. The van der Waals surface area contributed by atoms with E-state index in [0.29, 0.717) is 23.5 Å². The largest absolute Gasteiger partial charge is 0.308 e. The molecular formula is C16H30N2. The summed E-state index contributed by atoms with van der Waals surface area (Å²) in [6, 6.07) is 1.16. The molecule has 1 saturated heterocycles. The smallest absolute Gasteiger partial charge is 0.0309 e. The van der Waals surface area contributed by atoms with E-state index in [4.69, 9.17) is 0 Å². The summed E-state index contributed by atoms with van der Waals surface area (Å²) in [4.78, 5) is 2.69. The van der Waals surface area contributed by atoms with Crippen LogP contribution < -0.4 is 5.32 Å². The molecule has 2 atom stereocenters. The summed E-state index contributed by atoms with van der Waals surface area (Å²) in [5, 5.41) is 3.90.